The van der Waals surface area contributed by atoms with Gasteiger partial charge in [-0.05, 0) is 55.8 Å². The van der Waals surface area contributed by atoms with Gasteiger partial charge in [0.1, 0.15) is 0 Å². The lowest BCUT2D eigenvalue weighted by Crippen LogP contribution is -2.25. The number of ether oxygens (including phenoxy) is 2. The molecule has 0 N–H and O–H groups in total. The molecule has 3 rings (SSSR count). The highest BCUT2D eigenvalue weighted by Gasteiger charge is 2.18. The maximum atomic E-state index is 5.48. The van der Waals surface area contributed by atoms with Gasteiger partial charge in [0.25, 0.3) is 0 Å². The van der Waals surface area contributed by atoms with E-state index in [-0.39, 0.29) is 6.04 Å². The molecule has 3 aromatic carbocycles. The molecule has 0 saturated carbocycles. The number of benzene rings is 3. The second-order valence-electron chi connectivity index (χ2n) is 7.43. The third-order valence-electron chi connectivity index (χ3n) is 5.73. The molecule has 0 amide bonds. The van der Waals surface area contributed by atoms with Gasteiger partial charge >= 0.3 is 0 Å². The molecule has 0 radical (unpaired) electrons. The van der Waals surface area contributed by atoms with E-state index < -0.39 is 0 Å². The van der Waals surface area contributed by atoms with Crippen LogP contribution < -0.4 is 9.47 Å². The van der Waals surface area contributed by atoms with Crippen LogP contribution in [0.4, 0.5) is 0 Å². The number of methoxy groups -OCH3 is 2. The minimum atomic E-state index is 0.280. The average molecular weight is 390 g/mol. The fourth-order valence-corrected chi connectivity index (χ4v) is 3.79. The quantitative estimate of drug-likeness (QED) is 0.453. The molecule has 1 atom stereocenters. The zero-order chi connectivity index (χ0) is 20.6. The zero-order valence-corrected chi connectivity index (χ0v) is 17.8. The van der Waals surface area contributed by atoms with Crippen LogP contribution in [0.25, 0.3) is 0 Å². The summed E-state index contributed by atoms with van der Waals surface area (Å²) in [5.74, 6) is 1.92. The summed E-state index contributed by atoms with van der Waals surface area (Å²) in [6.45, 7) is 3.23. The summed E-state index contributed by atoms with van der Waals surface area (Å²) >= 11 is 0. The van der Waals surface area contributed by atoms with Gasteiger partial charge < -0.3 is 9.47 Å². The van der Waals surface area contributed by atoms with Crippen LogP contribution in [0.3, 0.4) is 0 Å². The number of nitrogens with zero attached hydrogens (tertiary/aromatic N) is 1. The molecule has 0 spiro atoms. The largest absolute Gasteiger partial charge is 0.493 e. The third kappa shape index (κ3) is 5.18. The van der Waals surface area contributed by atoms with E-state index in [0.717, 1.165) is 24.5 Å². The van der Waals surface area contributed by atoms with E-state index in [2.05, 4.69) is 91.7 Å². The molecule has 29 heavy (non-hydrogen) atoms. The van der Waals surface area contributed by atoms with Gasteiger partial charge in [-0.3, -0.25) is 4.90 Å². The van der Waals surface area contributed by atoms with Crippen LogP contribution in [0.2, 0.25) is 0 Å². The van der Waals surface area contributed by atoms with Crippen LogP contribution in [-0.2, 0) is 0 Å². The molecule has 0 bridgehead atoms. The van der Waals surface area contributed by atoms with Crippen molar-refractivity contribution in [3.8, 4) is 11.5 Å². The maximum absolute atomic E-state index is 5.48. The fourth-order valence-electron chi connectivity index (χ4n) is 3.79. The Morgan fingerprint density at radius 2 is 1.28 bits per heavy atom. The van der Waals surface area contributed by atoms with Crippen molar-refractivity contribution < 1.29 is 9.47 Å². The molecule has 0 aromatic heterocycles. The minimum Gasteiger partial charge on any atom is -0.493 e. The Morgan fingerprint density at radius 3 is 1.79 bits per heavy atom. The third-order valence-corrected chi connectivity index (χ3v) is 5.73. The van der Waals surface area contributed by atoms with E-state index in [1.54, 1.807) is 14.2 Å². The van der Waals surface area contributed by atoms with Crippen molar-refractivity contribution >= 4 is 0 Å². The Balaban J connectivity index is 1.74. The number of rotatable bonds is 9. The molecule has 152 valence electrons. The first-order valence-corrected chi connectivity index (χ1v) is 10.2. The van der Waals surface area contributed by atoms with Crippen molar-refractivity contribution in [3.05, 3.63) is 95.6 Å². The van der Waals surface area contributed by atoms with Crippen LogP contribution in [0.15, 0.2) is 78.9 Å². The monoisotopic (exact) mass is 389 g/mol. The SMILES string of the molecule is COc1ccc([C@@H](C)N(C)CCC(c2ccccc2)c2ccccc2)cc1OC. The molecule has 0 saturated heterocycles. The summed E-state index contributed by atoms with van der Waals surface area (Å²) in [6, 6.07) is 28.0. The lowest BCUT2D eigenvalue weighted by molar-refractivity contribution is 0.253. The highest BCUT2D eigenvalue weighted by atomic mass is 16.5. The first kappa shape index (κ1) is 20.9. The van der Waals surface area contributed by atoms with Crippen LogP contribution in [0.1, 0.15) is 42.0 Å². The van der Waals surface area contributed by atoms with E-state index >= 15 is 0 Å². The first-order chi connectivity index (χ1) is 14.1. The summed E-state index contributed by atoms with van der Waals surface area (Å²) in [7, 11) is 5.54. The van der Waals surface area contributed by atoms with Gasteiger partial charge in [-0.2, -0.15) is 0 Å². The molecule has 0 fully saturated rings. The predicted octanol–water partition coefficient (Wildman–Crippen LogP) is 5.92. The smallest absolute Gasteiger partial charge is 0.161 e. The van der Waals surface area contributed by atoms with Crippen molar-refractivity contribution in [2.24, 2.45) is 0 Å². The summed E-state index contributed by atoms with van der Waals surface area (Å²) in [6.07, 6.45) is 1.06. The topological polar surface area (TPSA) is 21.7 Å². The highest BCUT2D eigenvalue weighted by Crippen LogP contribution is 2.33. The predicted molar refractivity (Wildman–Crippen MR) is 120 cm³/mol. The van der Waals surface area contributed by atoms with Gasteiger partial charge in [0.05, 0.1) is 14.2 Å². The van der Waals surface area contributed by atoms with Crippen molar-refractivity contribution in [3.63, 3.8) is 0 Å². The van der Waals surface area contributed by atoms with Gasteiger partial charge in [-0.1, -0.05) is 66.7 Å². The first-order valence-electron chi connectivity index (χ1n) is 10.2. The van der Waals surface area contributed by atoms with Crippen LogP contribution >= 0.6 is 0 Å². The average Bonchev–Trinajstić information content (AvgIpc) is 2.79. The Hall–Kier alpha value is -2.78. The lowest BCUT2D eigenvalue weighted by atomic mass is 9.88. The number of hydrogen-bond donors (Lipinski definition) is 0. The second kappa shape index (κ2) is 10.1. The van der Waals surface area contributed by atoms with E-state index in [9.17, 15) is 0 Å². The molecule has 0 unspecified atom stereocenters. The molecule has 3 aromatic rings. The van der Waals surface area contributed by atoms with Gasteiger partial charge in [-0.25, -0.2) is 0 Å². The molecular formula is C26H31NO2. The van der Waals surface area contributed by atoms with Crippen molar-refractivity contribution in [1.82, 2.24) is 4.90 Å². The second-order valence-corrected chi connectivity index (χ2v) is 7.43. The normalized spacial score (nSPS) is 12.2. The molecule has 0 aliphatic heterocycles. The molecule has 0 aliphatic carbocycles. The summed E-state index contributed by atoms with van der Waals surface area (Å²) in [5.41, 5.74) is 3.96. The fraction of sp³-hybridized carbons (Fsp3) is 0.308. The standard InChI is InChI=1S/C26H31NO2/c1-20(23-15-16-25(28-3)26(19-23)29-4)27(2)18-17-24(21-11-7-5-8-12-21)22-13-9-6-10-14-22/h5-16,19-20,24H,17-18H2,1-4H3/t20-/m1/s1. The summed E-state index contributed by atoms with van der Waals surface area (Å²) < 4.78 is 10.8. The van der Waals surface area contributed by atoms with Gasteiger partial charge in [0.2, 0.25) is 0 Å². The minimum absolute atomic E-state index is 0.280. The summed E-state index contributed by atoms with van der Waals surface area (Å²) in [5, 5.41) is 0. The Bertz CT molecular complexity index is 840. The zero-order valence-electron chi connectivity index (χ0n) is 17.8. The van der Waals surface area contributed by atoms with Crippen LogP contribution in [0.5, 0.6) is 11.5 Å². The van der Waals surface area contributed by atoms with Crippen molar-refractivity contribution in [2.45, 2.75) is 25.3 Å². The van der Waals surface area contributed by atoms with Gasteiger partial charge in [0.15, 0.2) is 11.5 Å². The van der Waals surface area contributed by atoms with E-state index in [4.69, 9.17) is 9.47 Å². The van der Waals surface area contributed by atoms with E-state index in [0.29, 0.717) is 5.92 Å². The van der Waals surface area contributed by atoms with Gasteiger partial charge in [0, 0.05) is 12.0 Å². The molecule has 3 heteroatoms. The maximum Gasteiger partial charge on any atom is 0.161 e. The Kier molecular flexibility index (Phi) is 7.31. The molecule has 0 aliphatic rings. The lowest BCUT2D eigenvalue weighted by Gasteiger charge is -2.28. The van der Waals surface area contributed by atoms with E-state index in [1.807, 2.05) is 6.07 Å². The van der Waals surface area contributed by atoms with E-state index in [1.165, 1.54) is 16.7 Å². The van der Waals surface area contributed by atoms with Gasteiger partial charge in [-0.15, -0.1) is 0 Å². The molecule has 0 heterocycles. The van der Waals surface area contributed by atoms with Crippen molar-refractivity contribution in [2.75, 3.05) is 27.8 Å². The summed E-state index contributed by atoms with van der Waals surface area (Å²) in [4.78, 5) is 2.40. The van der Waals surface area contributed by atoms with Crippen LogP contribution in [-0.4, -0.2) is 32.7 Å². The van der Waals surface area contributed by atoms with Crippen molar-refractivity contribution in [1.29, 1.82) is 0 Å². The Morgan fingerprint density at radius 1 is 0.724 bits per heavy atom. The van der Waals surface area contributed by atoms with Crippen LogP contribution in [0, 0.1) is 0 Å². The number of hydrogen-bond acceptors (Lipinski definition) is 3. The molecular weight excluding hydrogens is 358 g/mol. The molecule has 3 nitrogen and oxygen atoms in total. The highest BCUT2D eigenvalue weighted by molar-refractivity contribution is 5.43. The Labute approximate surface area is 174 Å².